The highest BCUT2D eigenvalue weighted by molar-refractivity contribution is 7.80. The molecule has 0 spiro atoms. The van der Waals surface area contributed by atoms with Crippen molar-refractivity contribution in [3.8, 4) is 0 Å². The summed E-state index contributed by atoms with van der Waals surface area (Å²) in [5, 5.41) is 7.75. The van der Waals surface area contributed by atoms with E-state index in [9.17, 15) is 0 Å². The minimum Gasteiger partial charge on any atom is -0.359 e. The van der Waals surface area contributed by atoms with Gasteiger partial charge in [0.05, 0.1) is 18.6 Å². The molecule has 130 valence electrons. The van der Waals surface area contributed by atoms with E-state index < -0.39 is 0 Å². The van der Waals surface area contributed by atoms with Crippen LogP contribution in [0.3, 0.4) is 0 Å². The molecule has 0 saturated carbocycles. The van der Waals surface area contributed by atoms with Crippen molar-refractivity contribution in [3.05, 3.63) is 42.0 Å². The molecular weight excluding hydrogens is 314 g/mol. The van der Waals surface area contributed by atoms with Crippen LogP contribution >= 0.6 is 12.2 Å². The van der Waals surface area contributed by atoms with Crippen molar-refractivity contribution in [1.29, 1.82) is 0 Å². The number of aryl methyl sites for hydroxylation is 1. The Morgan fingerprint density at radius 1 is 1.29 bits per heavy atom. The minimum absolute atomic E-state index is 0.499. The summed E-state index contributed by atoms with van der Waals surface area (Å²) < 4.78 is 0. The molecule has 1 aromatic rings. The molecule has 2 aliphatic rings. The Balaban J connectivity index is 1.59. The van der Waals surface area contributed by atoms with Crippen LogP contribution in [0.5, 0.6) is 0 Å². The summed E-state index contributed by atoms with van der Waals surface area (Å²) in [5.41, 5.74) is 3.67. The third-order valence-corrected chi connectivity index (χ3v) is 6.08. The Labute approximate surface area is 151 Å². The van der Waals surface area contributed by atoms with Gasteiger partial charge in [-0.05, 0) is 68.6 Å². The van der Waals surface area contributed by atoms with Gasteiger partial charge in [-0.3, -0.25) is 0 Å². The number of anilines is 1. The molecule has 3 N–H and O–H groups in total. The van der Waals surface area contributed by atoms with Crippen LogP contribution in [0.15, 0.2) is 30.9 Å². The molecule has 2 fully saturated rings. The third-order valence-electron chi connectivity index (χ3n) is 5.86. The number of hydrogen-bond donors (Lipinski definition) is 3. The summed E-state index contributed by atoms with van der Waals surface area (Å²) in [6.07, 6.45) is 8.58. The molecule has 1 aromatic carbocycles. The number of thiocarbonyl (C=S) groups is 1. The van der Waals surface area contributed by atoms with Gasteiger partial charge in [-0.1, -0.05) is 18.7 Å². The molecule has 0 unspecified atom stereocenters. The lowest BCUT2D eigenvalue weighted by Crippen LogP contribution is -3.21. The molecule has 2 aliphatic heterocycles. The highest BCUT2D eigenvalue weighted by Gasteiger charge is 2.41. The Kier molecular flexibility index (Phi) is 5.57. The molecule has 4 heteroatoms. The maximum Gasteiger partial charge on any atom is 0.171 e. The maximum absolute atomic E-state index is 5.59. The quantitative estimate of drug-likeness (QED) is 0.579. The predicted octanol–water partition coefficient (Wildman–Crippen LogP) is 2.74. The number of benzene rings is 1. The number of rotatable bonds is 4. The second-order valence-electron chi connectivity index (χ2n) is 7.41. The van der Waals surface area contributed by atoms with E-state index in [1.54, 1.807) is 4.90 Å². The Morgan fingerprint density at radius 2 is 2.00 bits per heavy atom. The zero-order valence-corrected chi connectivity index (χ0v) is 15.7. The molecule has 0 amide bonds. The number of nitrogens with one attached hydrogen (secondary N) is 3. The van der Waals surface area contributed by atoms with Crippen molar-refractivity contribution in [2.45, 2.75) is 64.1 Å². The number of fused-ring (bicyclic) bond motifs is 2. The monoisotopic (exact) mass is 344 g/mol. The van der Waals surface area contributed by atoms with Gasteiger partial charge in [0.2, 0.25) is 0 Å². The first kappa shape index (κ1) is 17.4. The average Bonchev–Trinajstić information content (AvgIpc) is 2.53. The van der Waals surface area contributed by atoms with E-state index in [1.807, 2.05) is 0 Å². The first-order chi connectivity index (χ1) is 11.6. The fourth-order valence-electron chi connectivity index (χ4n) is 4.48. The fraction of sp³-hybridized carbons (Fsp3) is 0.550. The Morgan fingerprint density at radius 3 is 2.67 bits per heavy atom. The van der Waals surface area contributed by atoms with Crippen LogP contribution in [0.2, 0.25) is 0 Å². The fourth-order valence-corrected chi connectivity index (χ4v) is 4.76. The second kappa shape index (κ2) is 7.66. The van der Waals surface area contributed by atoms with Crippen LogP contribution < -0.4 is 15.5 Å². The van der Waals surface area contributed by atoms with Crippen LogP contribution in [0, 0.1) is 13.8 Å². The molecule has 3 rings (SSSR count). The molecular formula is C20H30N3S+. The second-order valence-corrected chi connectivity index (χ2v) is 7.81. The molecule has 0 aromatic heterocycles. The van der Waals surface area contributed by atoms with E-state index in [-0.39, 0.29) is 0 Å². The van der Waals surface area contributed by atoms with Crippen molar-refractivity contribution in [1.82, 2.24) is 5.32 Å². The van der Waals surface area contributed by atoms with Gasteiger partial charge in [-0.15, -0.1) is 0 Å². The number of quaternary nitrogens is 1. The van der Waals surface area contributed by atoms with Gasteiger partial charge in [0.15, 0.2) is 5.11 Å². The zero-order chi connectivity index (χ0) is 17.1. The summed E-state index contributed by atoms with van der Waals surface area (Å²) in [7, 11) is 0. The maximum atomic E-state index is 5.59. The molecule has 3 nitrogen and oxygen atoms in total. The topological polar surface area (TPSA) is 28.5 Å². The van der Waals surface area contributed by atoms with Crippen LogP contribution in [0.25, 0.3) is 0 Å². The van der Waals surface area contributed by atoms with E-state index in [2.05, 4.69) is 55.3 Å². The molecule has 2 atom stereocenters. The summed E-state index contributed by atoms with van der Waals surface area (Å²) in [6, 6.07) is 8.33. The zero-order valence-electron chi connectivity index (χ0n) is 14.9. The standard InChI is InChI=1S/C20H29N3S/c1-4-11-23-17-8-6-9-18(23)13-16(12-17)21-20(24)22-19-10-5-7-14(2)15(19)3/h4-5,7,10,16-18H,1,6,8-9,11-13H2,2-3H3,(H2,21,22,24)/p+1/t17-,18-/m1/s1. The lowest BCUT2D eigenvalue weighted by molar-refractivity contribution is -0.955. The van der Waals surface area contributed by atoms with E-state index in [0.717, 1.165) is 29.4 Å². The largest absolute Gasteiger partial charge is 0.359 e. The minimum atomic E-state index is 0.499. The highest BCUT2D eigenvalue weighted by atomic mass is 32.1. The summed E-state index contributed by atoms with van der Waals surface area (Å²) in [4.78, 5) is 1.75. The van der Waals surface area contributed by atoms with Crippen molar-refractivity contribution >= 4 is 23.0 Å². The molecule has 0 aliphatic carbocycles. The molecule has 2 saturated heterocycles. The van der Waals surface area contributed by atoms with Crippen molar-refractivity contribution in [2.75, 3.05) is 11.9 Å². The van der Waals surface area contributed by atoms with E-state index in [1.165, 1.54) is 43.2 Å². The average molecular weight is 345 g/mol. The van der Waals surface area contributed by atoms with Gasteiger partial charge in [0.1, 0.15) is 0 Å². The predicted molar refractivity (Wildman–Crippen MR) is 106 cm³/mol. The van der Waals surface area contributed by atoms with E-state index in [4.69, 9.17) is 12.2 Å². The van der Waals surface area contributed by atoms with Crippen LogP contribution in [0.1, 0.15) is 43.2 Å². The van der Waals surface area contributed by atoms with Gasteiger partial charge in [-0.25, -0.2) is 0 Å². The highest BCUT2D eigenvalue weighted by Crippen LogP contribution is 2.23. The summed E-state index contributed by atoms with van der Waals surface area (Å²) in [5.74, 6) is 0. The van der Waals surface area contributed by atoms with Crippen molar-refractivity contribution in [2.24, 2.45) is 0 Å². The van der Waals surface area contributed by atoms with Gasteiger partial charge in [0, 0.05) is 24.6 Å². The van der Waals surface area contributed by atoms with Crippen LogP contribution in [0.4, 0.5) is 5.69 Å². The van der Waals surface area contributed by atoms with Gasteiger partial charge in [0.25, 0.3) is 0 Å². The molecule has 0 radical (unpaired) electrons. The van der Waals surface area contributed by atoms with Crippen LogP contribution in [-0.4, -0.2) is 29.8 Å². The number of piperidine rings is 2. The summed E-state index contributed by atoms with van der Waals surface area (Å²) >= 11 is 5.59. The van der Waals surface area contributed by atoms with E-state index >= 15 is 0 Å². The Bertz CT molecular complexity index is 599. The van der Waals surface area contributed by atoms with Gasteiger partial charge in [-0.2, -0.15) is 0 Å². The van der Waals surface area contributed by atoms with Gasteiger partial charge < -0.3 is 15.5 Å². The van der Waals surface area contributed by atoms with Gasteiger partial charge >= 0.3 is 0 Å². The first-order valence-corrected chi connectivity index (χ1v) is 9.59. The molecule has 24 heavy (non-hydrogen) atoms. The Hall–Kier alpha value is -1.39. The van der Waals surface area contributed by atoms with E-state index in [0.29, 0.717) is 6.04 Å². The SMILES string of the molecule is C=CC[NH+]1[C@@H]2CCC[C@@H]1CC(NC(=S)Nc1cccc(C)c1C)C2. The smallest absolute Gasteiger partial charge is 0.171 e. The molecule has 2 heterocycles. The normalized spacial score (nSPS) is 28.9. The summed E-state index contributed by atoms with van der Waals surface area (Å²) in [6.45, 7) is 9.32. The lowest BCUT2D eigenvalue weighted by Gasteiger charge is -2.45. The molecule has 2 bridgehead atoms. The van der Waals surface area contributed by atoms with Crippen LogP contribution in [-0.2, 0) is 0 Å². The first-order valence-electron chi connectivity index (χ1n) is 9.18. The van der Waals surface area contributed by atoms with Crippen molar-refractivity contribution in [3.63, 3.8) is 0 Å². The third kappa shape index (κ3) is 3.81. The lowest BCUT2D eigenvalue weighted by atomic mass is 9.82. The van der Waals surface area contributed by atoms with Crippen molar-refractivity contribution < 1.29 is 4.90 Å². The number of hydrogen-bond acceptors (Lipinski definition) is 1.